The van der Waals surface area contributed by atoms with E-state index in [-0.39, 0.29) is 24.3 Å². The predicted octanol–water partition coefficient (Wildman–Crippen LogP) is 0.225. The van der Waals surface area contributed by atoms with Gasteiger partial charge in [0.2, 0.25) is 0 Å². The van der Waals surface area contributed by atoms with Crippen molar-refractivity contribution in [2.75, 3.05) is 13.2 Å². The highest BCUT2D eigenvalue weighted by molar-refractivity contribution is 6.01. The molecule has 0 aliphatic rings. The third-order valence-corrected chi connectivity index (χ3v) is 2.39. The topological polar surface area (TPSA) is 86.7 Å². The van der Waals surface area contributed by atoms with E-state index in [4.69, 9.17) is 9.84 Å². The van der Waals surface area contributed by atoms with Gasteiger partial charge in [-0.05, 0) is 6.07 Å². The summed E-state index contributed by atoms with van der Waals surface area (Å²) >= 11 is 0. The van der Waals surface area contributed by atoms with Gasteiger partial charge in [0.25, 0.3) is 0 Å². The van der Waals surface area contributed by atoms with Gasteiger partial charge >= 0.3 is 5.97 Å². The van der Waals surface area contributed by atoms with Gasteiger partial charge in [0.05, 0.1) is 24.7 Å². The number of hydrogen-bond acceptors (Lipinski definition) is 5. The lowest BCUT2D eigenvalue weighted by molar-refractivity contribution is -0.255. The molecule has 0 saturated carbocycles. The second kappa shape index (κ2) is 5.64. The van der Waals surface area contributed by atoms with Crippen molar-refractivity contribution in [3.8, 4) is 0 Å². The lowest BCUT2D eigenvalue weighted by Gasteiger charge is -2.21. The van der Waals surface area contributed by atoms with E-state index in [1.807, 2.05) is 0 Å². The number of rotatable bonds is 5. The molecular weight excluding hydrogens is 236 g/mol. The molecular formula is C13H15O5-. The normalized spacial score (nSPS) is 11.1. The number of carboxylic acid groups (broad SMARTS) is 1. The Morgan fingerprint density at radius 1 is 1.28 bits per heavy atom. The lowest BCUT2D eigenvalue weighted by Crippen LogP contribution is -2.28. The van der Waals surface area contributed by atoms with Crippen molar-refractivity contribution in [3.05, 3.63) is 35.4 Å². The third-order valence-electron chi connectivity index (χ3n) is 2.39. The maximum atomic E-state index is 11.7. The summed E-state index contributed by atoms with van der Waals surface area (Å²) in [7, 11) is 0. The molecule has 0 bridgehead atoms. The molecule has 0 aliphatic carbocycles. The van der Waals surface area contributed by atoms with Crippen LogP contribution in [0.1, 0.15) is 34.6 Å². The van der Waals surface area contributed by atoms with E-state index in [0.717, 1.165) is 0 Å². The van der Waals surface area contributed by atoms with Gasteiger partial charge in [-0.15, -0.1) is 0 Å². The van der Waals surface area contributed by atoms with Crippen LogP contribution < -0.4 is 5.11 Å². The van der Waals surface area contributed by atoms with Crippen molar-refractivity contribution < 1.29 is 24.5 Å². The standard InChI is InChI=1S/C13H16O5/c1-13(2,7-14)8-18-12(17)10-6-4-3-5-9(10)11(15)16/h3-6,14H,7-8H2,1-2H3,(H,15,16)/p-1. The minimum Gasteiger partial charge on any atom is -0.545 e. The molecule has 0 amide bonds. The summed E-state index contributed by atoms with van der Waals surface area (Å²) in [5.74, 6) is -2.17. The fourth-order valence-electron chi connectivity index (χ4n) is 1.22. The van der Waals surface area contributed by atoms with Crippen LogP contribution >= 0.6 is 0 Å². The first kappa shape index (κ1) is 14.2. The van der Waals surface area contributed by atoms with Gasteiger partial charge in [0.1, 0.15) is 0 Å². The number of benzene rings is 1. The SMILES string of the molecule is CC(C)(CO)COC(=O)c1ccccc1C(=O)[O-]. The molecule has 0 unspecified atom stereocenters. The lowest BCUT2D eigenvalue weighted by atomic mass is 9.96. The van der Waals surface area contributed by atoms with Gasteiger partial charge < -0.3 is 19.7 Å². The molecule has 0 saturated heterocycles. The zero-order valence-electron chi connectivity index (χ0n) is 10.3. The highest BCUT2D eigenvalue weighted by Gasteiger charge is 2.21. The molecule has 0 atom stereocenters. The van der Waals surface area contributed by atoms with Crippen LogP contribution in [0.4, 0.5) is 0 Å². The van der Waals surface area contributed by atoms with Gasteiger partial charge in [-0.25, -0.2) is 4.79 Å². The highest BCUT2D eigenvalue weighted by atomic mass is 16.5. The van der Waals surface area contributed by atoms with Crippen molar-refractivity contribution in [2.24, 2.45) is 5.41 Å². The molecule has 0 spiro atoms. The summed E-state index contributed by atoms with van der Waals surface area (Å²) in [6.07, 6.45) is 0. The Labute approximate surface area is 105 Å². The van der Waals surface area contributed by atoms with Crippen LogP contribution in [0.2, 0.25) is 0 Å². The maximum absolute atomic E-state index is 11.7. The Balaban J connectivity index is 2.82. The van der Waals surface area contributed by atoms with Crippen molar-refractivity contribution >= 4 is 11.9 Å². The minimum atomic E-state index is -1.43. The number of aliphatic hydroxyl groups is 1. The molecule has 1 aromatic rings. The summed E-state index contributed by atoms with van der Waals surface area (Å²) in [5.41, 5.74) is -0.818. The Hall–Kier alpha value is -1.88. The van der Waals surface area contributed by atoms with E-state index in [1.165, 1.54) is 18.2 Å². The second-order valence-corrected chi connectivity index (χ2v) is 4.73. The third kappa shape index (κ3) is 3.56. The van der Waals surface area contributed by atoms with Crippen LogP contribution in [0, 0.1) is 5.41 Å². The molecule has 0 heterocycles. The quantitative estimate of drug-likeness (QED) is 0.757. The number of carbonyl (C=O) groups is 2. The van der Waals surface area contributed by atoms with Crippen molar-refractivity contribution in [3.63, 3.8) is 0 Å². The number of hydrogen-bond donors (Lipinski definition) is 1. The van der Waals surface area contributed by atoms with E-state index in [1.54, 1.807) is 19.9 Å². The Morgan fingerprint density at radius 2 is 1.83 bits per heavy atom. The average Bonchev–Trinajstić information content (AvgIpc) is 2.36. The van der Waals surface area contributed by atoms with E-state index < -0.39 is 17.4 Å². The van der Waals surface area contributed by atoms with Crippen LogP contribution in [-0.2, 0) is 4.74 Å². The van der Waals surface area contributed by atoms with Gasteiger partial charge in [0.15, 0.2) is 0 Å². The summed E-state index contributed by atoms with van der Waals surface area (Å²) in [4.78, 5) is 22.6. The fourth-order valence-corrected chi connectivity index (χ4v) is 1.22. The van der Waals surface area contributed by atoms with Crippen LogP contribution in [-0.4, -0.2) is 30.3 Å². The van der Waals surface area contributed by atoms with Gasteiger partial charge in [-0.2, -0.15) is 0 Å². The first-order valence-corrected chi connectivity index (χ1v) is 5.46. The van der Waals surface area contributed by atoms with E-state index in [2.05, 4.69) is 0 Å². The smallest absolute Gasteiger partial charge is 0.338 e. The molecule has 0 fully saturated rings. The number of aliphatic hydroxyl groups excluding tert-OH is 1. The molecule has 0 aromatic heterocycles. The number of carboxylic acids is 1. The molecule has 5 nitrogen and oxygen atoms in total. The fraction of sp³-hybridized carbons (Fsp3) is 0.385. The zero-order chi connectivity index (χ0) is 13.8. The average molecular weight is 251 g/mol. The molecule has 5 heteroatoms. The summed E-state index contributed by atoms with van der Waals surface area (Å²) < 4.78 is 4.98. The van der Waals surface area contributed by atoms with Gasteiger partial charge in [-0.1, -0.05) is 32.0 Å². The van der Waals surface area contributed by atoms with Crippen LogP contribution in [0.25, 0.3) is 0 Å². The van der Waals surface area contributed by atoms with Crippen LogP contribution in [0.15, 0.2) is 24.3 Å². The summed E-state index contributed by atoms with van der Waals surface area (Å²) in [6.45, 7) is 3.32. The molecule has 0 aliphatic heterocycles. The van der Waals surface area contributed by atoms with Gasteiger partial charge in [0, 0.05) is 11.0 Å². The Bertz CT molecular complexity index is 450. The minimum absolute atomic E-state index is 0.00369. The molecule has 1 rings (SSSR count). The van der Waals surface area contributed by atoms with Gasteiger partial charge in [-0.3, -0.25) is 0 Å². The second-order valence-electron chi connectivity index (χ2n) is 4.73. The Morgan fingerprint density at radius 3 is 2.33 bits per heavy atom. The van der Waals surface area contributed by atoms with Crippen molar-refractivity contribution in [2.45, 2.75) is 13.8 Å². The predicted molar refractivity (Wildman–Crippen MR) is 61.9 cm³/mol. The van der Waals surface area contributed by atoms with E-state index >= 15 is 0 Å². The number of carbonyl (C=O) groups excluding carboxylic acids is 2. The molecule has 0 radical (unpaired) electrons. The first-order valence-electron chi connectivity index (χ1n) is 5.46. The first-order chi connectivity index (χ1) is 8.37. The summed E-state index contributed by atoms with van der Waals surface area (Å²) in [5, 5.41) is 19.8. The van der Waals surface area contributed by atoms with Crippen LogP contribution in [0.5, 0.6) is 0 Å². The number of aromatic carboxylic acids is 1. The summed E-state index contributed by atoms with van der Waals surface area (Å²) in [6, 6.07) is 5.68. The molecule has 98 valence electrons. The largest absolute Gasteiger partial charge is 0.545 e. The highest BCUT2D eigenvalue weighted by Crippen LogP contribution is 2.16. The van der Waals surface area contributed by atoms with E-state index in [9.17, 15) is 14.7 Å². The molecule has 1 aromatic carbocycles. The monoisotopic (exact) mass is 251 g/mol. The van der Waals surface area contributed by atoms with Crippen molar-refractivity contribution in [1.29, 1.82) is 0 Å². The zero-order valence-corrected chi connectivity index (χ0v) is 10.3. The number of ether oxygens (including phenoxy) is 1. The van der Waals surface area contributed by atoms with Crippen molar-refractivity contribution in [1.82, 2.24) is 0 Å². The van der Waals surface area contributed by atoms with E-state index in [0.29, 0.717) is 0 Å². The maximum Gasteiger partial charge on any atom is 0.338 e. The Kier molecular flexibility index (Phi) is 4.44. The number of esters is 1. The molecule has 18 heavy (non-hydrogen) atoms. The molecule has 1 N–H and O–H groups in total. The van der Waals surface area contributed by atoms with Crippen LogP contribution in [0.3, 0.4) is 0 Å².